The van der Waals surface area contributed by atoms with E-state index in [1.54, 1.807) is 11.3 Å². The van der Waals surface area contributed by atoms with Gasteiger partial charge in [0.25, 0.3) is 0 Å². The van der Waals surface area contributed by atoms with Crippen molar-refractivity contribution in [1.29, 1.82) is 0 Å². The molecular weight excluding hydrogens is 682 g/mol. The highest BCUT2D eigenvalue weighted by atomic mass is 128. The number of benzene rings is 2. The molecule has 2 aliphatic heterocycles. The molecule has 0 bridgehead atoms. The number of hydrogen-bond donors (Lipinski definition) is 0. The summed E-state index contributed by atoms with van der Waals surface area (Å²) in [5, 5.41) is 1.74. The van der Waals surface area contributed by atoms with Crippen LogP contribution in [0, 0.1) is 13.8 Å². The number of nitrogens with zero attached hydrogens (tertiary/aromatic N) is 2. The maximum Gasteiger partial charge on any atom is 0.346 e. The van der Waals surface area contributed by atoms with Crippen molar-refractivity contribution in [1.82, 2.24) is 4.98 Å². The molecular formula is C28H30I2N2O2S. The highest BCUT2D eigenvalue weighted by Gasteiger charge is 2.42. The van der Waals surface area contributed by atoms with Crippen molar-refractivity contribution in [3.8, 4) is 10.6 Å². The molecule has 184 valence electrons. The number of aromatic nitrogens is 1. The van der Waals surface area contributed by atoms with E-state index in [4.69, 9.17) is 9.40 Å². The lowest BCUT2D eigenvalue weighted by atomic mass is 9.69. The van der Waals surface area contributed by atoms with Crippen LogP contribution in [0.5, 0.6) is 0 Å². The Labute approximate surface area is 233 Å². The van der Waals surface area contributed by atoms with E-state index in [9.17, 15) is 4.79 Å². The van der Waals surface area contributed by atoms with Gasteiger partial charge >= 0.3 is 5.63 Å². The molecule has 2 aromatic heterocycles. The van der Waals surface area contributed by atoms with Crippen molar-refractivity contribution in [2.24, 2.45) is 0 Å². The summed E-state index contributed by atoms with van der Waals surface area (Å²) in [5.74, 6) is 0. The van der Waals surface area contributed by atoms with Gasteiger partial charge in [0.15, 0.2) is 0 Å². The van der Waals surface area contributed by atoms with E-state index >= 15 is 0 Å². The summed E-state index contributed by atoms with van der Waals surface area (Å²) < 4.78 is 7.25. The molecule has 0 N–H and O–H groups in total. The zero-order valence-electron chi connectivity index (χ0n) is 21.0. The maximum absolute atomic E-state index is 13.3. The van der Waals surface area contributed by atoms with Gasteiger partial charge in [0.1, 0.15) is 10.6 Å². The normalized spacial score (nSPS) is 17.8. The van der Waals surface area contributed by atoms with Gasteiger partial charge in [-0.05, 0) is 78.5 Å². The number of fused-ring (bicyclic) bond motifs is 3. The molecule has 0 amide bonds. The van der Waals surface area contributed by atoms with Crippen LogP contribution in [0.15, 0.2) is 33.5 Å². The van der Waals surface area contributed by atoms with E-state index in [-0.39, 0.29) is 16.5 Å². The molecule has 0 aliphatic carbocycles. The molecule has 7 heteroatoms. The van der Waals surface area contributed by atoms with Crippen LogP contribution >= 0.6 is 48.6 Å². The Morgan fingerprint density at radius 1 is 0.971 bits per heavy atom. The summed E-state index contributed by atoms with van der Waals surface area (Å²) in [6.07, 6.45) is 2.19. The SMILES string of the molecule is Cc1cc2nc(-c3cc4cc5c6c(c4oc3=O)C(C)(C)CCN6CCC5(C)C)sc2cc1C.II. The van der Waals surface area contributed by atoms with Crippen LogP contribution in [0.4, 0.5) is 5.69 Å². The third-order valence-electron chi connectivity index (χ3n) is 7.97. The Hall–Kier alpha value is -1.20. The first-order chi connectivity index (χ1) is 16.5. The summed E-state index contributed by atoms with van der Waals surface area (Å²) in [6, 6.07) is 8.56. The number of thiazole rings is 1. The van der Waals surface area contributed by atoms with Crippen LogP contribution in [-0.4, -0.2) is 18.1 Å². The van der Waals surface area contributed by atoms with Crippen LogP contribution < -0.4 is 10.5 Å². The lowest BCUT2D eigenvalue weighted by Gasteiger charge is -2.48. The van der Waals surface area contributed by atoms with Gasteiger partial charge in [0.2, 0.25) is 0 Å². The monoisotopic (exact) mass is 712 g/mol. The second-order valence-electron chi connectivity index (χ2n) is 11.2. The zero-order valence-corrected chi connectivity index (χ0v) is 26.1. The average molecular weight is 712 g/mol. The molecule has 4 aromatic rings. The number of aryl methyl sites for hydroxylation is 2. The molecule has 0 saturated heterocycles. The quantitative estimate of drug-likeness (QED) is 0.147. The van der Waals surface area contributed by atoms with E-state index < -0.39 is 0 Å². The predicted molar refractivity (Wildman–Crippen MR) is 166 cm³/mol. The second-order valence-corrected chi connectivity index (χ2v) is 12.2. The zero-order chi connectivity index (χ0) is 25.3. The van der Waals surface area contributed by atoms with Gasteiger partial charge in [-0.25, -0.2) is 9.78 Å². The Kier molecular flexibility index (Phi) is 6.52. The molecule has 0 spiro atoms. The van der Waals surface area contributed by atoms with E-state index in [1.165, 1.54) is 27.9 Å². The fourth-order valence-electron chi connectivity index (χ4n) is 5.60. The number of rotatable bonds is 1. The van der Waals surface area contributed by atoms with Gasteiger partial charge in [-0.15, -0.1) is 11.3 Å². The van der Waals surface area contributed by atoms with Crippen molar-refractivity contribution in [2.45, 2.75) is 65.2 Å². The van der Waals surface area contributed by atoms with Crippen molar-refractivity contribution in [2.75, 3.05) is 18.0 Å². The van der Waals surface area contributed by atoms with Crippen LogP contribution in [0.2, 0.25) is 0 Å². The minimum atomic E-state index is -0.297. The van der Waals surface area contributed by atoms with Gasteiger partial charge in [0, 0.05) is 67.0 Å². The van der Waals surface area contributed by atoms with E-state index in [2.05, 4.69) is 102 Å². The lowest BCUT2D eigenvalue weighted by molar-refractivity contribution is 0.398. The summed E-state index contributed by atoms with van der Waals surface area (Å²) in [5.41, 5.74) is 8.33. The van der Waals surface area contributed by atoms with Gasteiger partial charge in [-0.3, -0.25) is 0 Å². The molecule has 6 rings (SSSR count). The first-order valence-electron chi connectivity index (χ1n) is 12.0. The van der Waals surface area contributed by atoms with Gasteiger partial charge in [-0.2, -0.15) is 0 Å². The summed E-state index contributed by atoms with van der Waals surface area (Å²) >= 11 is 5.81. The van der Waals surface area contributed by atoms with Crippen molar-refractivity contribution < 1.29 is 4.42 Å². The number of hydrogen-bond acceptors (Lipinski definition) is 5. The largest absolute Gasteiger partial charge is 0.422 e. The van der Waals surface area contributed by atoms with Crippen LogP contribution in [0.25, 0.3) is 31.8 Å². The minimum Gasteiger partial charge on any atom is -0.422 e. The Balaban J connectivity index is 0.00000124. The van der Waals surface area contributed by atoms with Crippen molar-refractivity contribution in [3.05, 3.63) is 56.9 Å². The van der Waals surface area contributed by atoms with E-state index in [0.717, 1.165) is 52.1 Å². The molecule has 0 saturated carbocycles. The molecule has 4 nitrogen and oxygen atoms in total. The highest BCUT2D eigenvalue weighted by molar-refractivity contribution is 15.0. The molecule has 0 atom stereocenters. The molecule has 0 unspecified atom stereocenters. The van der Waals surface area contributed by atoms with E-state index in [1.807, 2.05) is 6.07 Å². The van der Waals surface area contributed by atoms with Gasteiger partial charge in [0.05, 0.1) is 15.8 Å². The summed E-state index contributed by atoms with van der Waals surface area (Å²) in [4.78, 5) is 20.6. The fraction of sp³-hybridized carbons (Fsp3) is 0.429. The summed E-state index contributed by atoms with van der Waals surface area (Å²) in [7, 11) is 0. The molecule has 35 heavy (non-hydrogen) atoms. The second kappa shape index (κ2) is 8.97. The molecule has 2 aromatic carbocycles. The van der Waals surface area contributed by atoms with Crippen molar-refractivity contribution >= 4 is 75.4 Å². The van der Waals surface area contributed by atoms with Crippen LogP contribution in [0.3, 0.4) is 0 Å². The first kappa shape index (κ1) is 25.4. The Morgan fingerprint density at radius 3 is 2.34 bits per heavy atom. The van der Waals surface area contributed by atoms with Crippen molar-refractivity contribution in [3.63, 3.8) is 0 Å². The topological polar surface area (TPSA) is 46.3 Å². The molecule has 2 aliphatic rings. The molecule has 0 radical (unpaired) electrons. The number of anilines is 1. The molecule has 4 heterocycles. The third-order valence-corrected chi connectivity index (χ3v) is 9.02. The average Bonchev–Trinajstić information content (AvgIpc) is 3.20. The summed E-state index contributed by atoms with van der Waals surface area (Å²) in [6.45, 7) is 15.6. The highest BCUT2D eigenvalue weighted by Crippen LogP contribution is 2.51. The smallest absolute Gasteiger partial charge is 0.346 e. The van der Waals surface area contributed by atoms with Crippen LogP contribution in [0.1, 0.15) is 62.8 Å². The third kappa shape index (κ3) is 4.13. The number of halogens is 2. The van der Waals surface area contributed by atoms with Gasteiger partial charge in [-0.1, -0.05) is 27.7 Å². The van der Waals surface area contributed by atoms with Crippen LogP contribution in [-0.2, 0) is 10.8 Å². The standard InChI is InChI=1S/C28H30N2O2S.I2/c1-15-11-20-21(12-16(15)2)33-25(29-20)18-13-17-14-19-23-22(24(17)32-26(18)31)28(5,6)8-10-30(23)9-7-27(19,3)4;1-2/h11-14H,7-10H2,1-6H3;. The maximum atomic E-state index is 13.3. The Morgan fingerprint density at radius 2 is 1.63 bits per heavy atom. The first-order valence-corrected chi connectivity index (χ1v) is 19.1. The Bertz CT molecular complexity index is 1490. The fourth-order valence-corrected chi connectivity index (χ4v) is 6.65. The lowest BCUT2D eigenvalue weighted by Crippen LogP contribution is -2.44. The predicted octanol–water partition coefficient (Wildman–Crippen LogP) is 8.63. The molecule has 0 fully saturated rings. The van der Waals surface area contributed by atoms with E-state index in [0.29, 0.717) is 5.56 Å². The minimum absolute atomic E-state index is 0.0457. The van der Waals surface area contributed by atoms with Gasteiger partial charge < -0.3 is 9.32 Å².